The van der Waals surface area contributed by atoms with Gasteiger partial charge in [0.1, 0.15) is 0 Å². The van der Waals surface area contributed by atoms with Gasteiger partial charge in [-0.15, -0.1) is 0 Å². The van der Waals surface area contributed by atoms with Crippen LogP contribution in [0.3, 0.4) is 0 Å². The van der Waals surface area contributed by atoms with Crippen LogP contribution in [0.25, 0.3) is 0 Å². The molecule has 0 saturated carbocycles. The molecule has 1 unspecified atom stereocenters. The van der Waals surface area contributed by atoms with Crippen molar-refractivity contribution in [3.05, 3.63) is 65.7 Å². The van der Waals surface area contributed by atoms with Crippen molar-refractivity contribution >= 4 is 23.5 Å². The Morgan fingerprint density at radius 3 is 2.38 bits per heavy atom. The maximum absolute atomic E-state index is 13.0. The lowest BCUT2D eigenvalue weighted by atomic mass is 10.1. The van der Waals surface area contributed by atoms with Gasteiger partial charge < -0.3 is 5.11 Å². The molecule has 2 heterocycles. The predicted molar refractivity (Wildman–Crippen MR) is 108 cm³/mol. The van der Waals surface area contributed by atoms with Gasteiger partial charge in [0.05, 0.1) is 23.7 Å². The molecule has 2 aliphatic heterocycles. The minimum Gasteiger partial charge on any atom is -0.478 e. The lowest BCUT2D eigenvalue weighted by Gasteiger charge is -2.37. The number of piperazine rings is 1. The molecule has 7 heteroatoms. The summed E-state index contributed by atoms with van der Waals surface area (Å²) in [6.07, 6.45) is 0.134. The lowest BCUT2D eigenvalue weighted by Crippen LogP contribution is -2.52. The molecule has 29 heavy (non-hydrogen) atoms. The summed E-state index contributed by atoms with van der Waals surface area (Å²) in [5.74, 6) is -1.64. The first-order valence-corrected chi connectivity index (χ1v) is 9.73. The molecule has 0 radical (unpaired) electrons. The van der Waals surface area contributed by atoms with Crippen LogP contribution in [-0.4, -0.2) is 64.9 Å². The summed E-state index contributed by atoms with van der Waals surface area (Å²) in [5.41, 5.74) is 1.64. The Morgan fingerprint density at radius 1 is 0.966 bits per heavy atom. The minimum absolute atomic E-state index is 0.0566. The van der Waals surface area contributed by atoms with E-state index >= 15 is 0 Å². The fraction of sp³-hybridized carbons (Fsp3) is 0.318. The first kappa shape index (κ1) is 19.3. The molecular weight excluding hydrogens is 370 g/mol. The molecule has 2 fully saturated rings. The third-order valence-electron chi connectivity index (χ3n) is 5.57. The summed E-state index contributed by atoms with van der Waals surface area (Å²) < 4.78 is 0. The normalized spacial score (nSPS) is 21.0. The van der Waals surface area contributed by atoms with Crippen LogP contribution < -0.4 is 4.90 Å². The highest BCUT2D eigenvalue weighted by atomic mass is 16.4. The smallest absolute Gasteiger partial charge is 0.335 e. The Hall–Kier alpha value is -3.03. The average molecular weight is 393 g/mol. The number of imide groups is 1. The highest BCUT2D eigenvalue weighted by molar-refractivity contribution is 6.22. The van der Waals surface area contributed by atoms with Crippen molar-refractivity contribution < 1.29 is 19.5 Å². The van der Waals surface area contributed by atoms with Gasteiger partial charge in [0, 0.05) is 32.7 Å². The van der Waals surface area contributed by atoms with Crippen molar-refractivity contribution in [3.63, 3.8) is 0 Å². The Bertz CT molecular complexity index is 923. The molecule has 4 rings (SSSR count). The second kappa shape index (κ2) is 8.14. The van der Waals surface area contributed by atoms with E-state index in [4.69, 9.17) is 5.11 Å². The lowest BCUT2D eigenvalue weighted by molar-refractivity contribution is -0.123. The molecule has 0 bridgehead atoms. The third-order valence-corrected chi connectivity index (χ3v) is 5.57. The molecule has 2 aromatic rings. The molecule has 0 spiro atoms. The van der Waals surface area contributed by atoms with Crippen molar-refractivity contribution in [2.24, 2.45) is 0 Å². The fourth-order valence-electron chi connectivity index (χ4n) is 4.03. The molecular formula is C22H23N3O4. The maximum Gasteiger partial charge on any atom is 0.335 e. The summed E-state index contributed by atoms with van der Waals surface area (Å²) in [5, 5.41) is 9.17. The molecule has 1 atom stereocenters. The van der Waals surface area contributed by atoms with Crippen molar-refractivity contribution in [1.29, 1.82) is 0 Å². The first-order valence-electron chi connectivity index (χ1n) is 9.73. The zero-order valence-electron chi connectivity index (χ0n) is 16.0. The molecule has 0 aliphatic carbocycles. The largest absolute Gasteiger partial charge is 0.478 e. The van der Waals surface area contributed by atoms with E-state index in [0.717, 1.165) is 37.6 Å². The van der Waals surface area contributed by atoms with E-state index in [2.05, 4.69) is 21.9 Å². The van der Waals surface area contributed by atoms with Crippen LogP contribution in [0, 0.1) is 0 Å². The van der Waals surface area contributed by atoms with E-state index in [-0.39, 0.29) is 23.8 Å². The average Bonchev–Trinajstić information content (AvgIpc) is 3.03. The van der Waals surface area contributed by atoms with E-state index < -0.39 is 12.0 Å². The van der Waals surface area contributed by atoms with Crippen LogP contribution >= 0.6 is 0 Å². The van der Waals surface area contributed by atoms with Crippen LogP contribution in [0.4, 0.5) is 5.69 Å². The molecule has 2 saturated heterocycles. The SMILES string of the molecule is O=C(O)c1cccc(N2C(=O)CC(N3CCN(Cc4ccccc4)CC3)C2=O)c1. The minimum atomic E-state index is -1.09. The number of carboxylic acid groups (broad SMARTS) is 1. The topological polar surface area (TPSA) is 81.2 Å². The number of hydrogen-bond donors (Lipinski definition) is 1. The molecule has 1 N–H and O–H groups in total. The van der Waals surface area contributed by atoms with Gasteiger partial charge in [-0.1, -0.05) is 36.4 Å². The summed E-state index contributed by atoms with van der Waals surface area (Å²) in [6.45, 7) is 3.99. The predicted octanol–water partition coefficient (Wildman–Crippen LogP) is 1.83. The van der Waals surface area contributed by atoms with Crippen molar-refractivity contribution in [1.82, 2.24) is 9.80 Å². The van der Waals surface area contributed by atoms with Crippen molar-refractivity contribution in [2.45, 2.75) is 19.0 Å². The Balaban J connectivity index is 1.41. The van der Waals surface area contributed by atoms with Gasteiger partial charge in [-0.05, 0) is 23.8 Å². The molecule has 0 aromatic heterocycles. The van der Waals surface area contributed by atoms with Crippen LogP contribution in [0.15, 0.2) is 54.6 Å². The fourth-order valence-corrected chi connectivity index (χ4v) is 4.03. The summed E-state index contributed by atoms with van der Waals surface area (Å²) in [6, 6.07) is 15.8. The zero-order valence-corrected chi connectivity index (χ0v) is 16.0. The Kier molecular flexibility index (Phi) is 5.42. The van der Waals surface area contributed by atoms with Gasteiger partial charge in [0.2, 0.25) is 5.91 Å². The van der Waals surface area contributed by atoms with Crippen LogP contribution in [0.2, 0.25) is 0 Å². The first-order chi connectivity index (χ1) is 14.0. The highest BCUT2D eigenvalue weighted by Gasteiger charge is 2.43. The summed E-state index contributed by atoms with van der Waals surface area (Å²) >= 11 is 0. The second-order valence-electron chi connectivity index (χ2n) is 7.44. The van der Waals surface area contributed by atoms with Crippen molar-refractivity contribution in [3.8, 4) is 0 Å². The van der Waals surface area contributed by atoms with Gasteiger partial charge in [-0.2, -0.15) is 0 Å². The molecule has 2 aromatic carbocycles. The van der Waals surface area contributed by atoms with Gasteiger partial charge in [-0.3, -0.25) is 19.4 Å². The number of carbonyl (C=O) groups excluding carboxylic acids is 2. The number of nitrogens with zero attached hydrogens (tertiary/aromatic N) is 3. The Labute approximate surface area is 169 Å². The maximum atomic E-state index is 13.0. The van der Waals surface area contributed by atoms with Crippen LogP contribution in [0.5, 0.6) is 0 Å². The number of benzene rings is 2. The Morgan fingerprint density at radius 2 is 1.69 bits per heavy atom. The number of hydrogen-bond acceptors (Lipinski definition) is 5. The molecule has 150 valence electrons. The number of anilines is 1. The number of carbonyl (C=O) groups is 3. The van der Waals surface area contributed by atoms with E-state index in [1.54, 1.807) is 12.1 Å². The monoisotopic (exact) mass is 393 g/mol. The summed E-state index contributed by atoms with van der Waals surface area (Å²) in [7, 11) is 0. The number of rotatable bonds is 5. The third kappa shape index (κ3) is 4.06. The van der Waals surface area contributed by atoms with Gasteiger partial charge in [-0.25, -0.2) is 9.69 Å². The van der Waals surface area contributed by atoms with Gasteiger partial charge in [0.15, 0.2) is 0 Å². The van der Waals surface area contributed by atoms with E-state index in [9.17, 15) is 14.4 Å². The van der Waals surface area contributed by atoms with Gasteiger partial charge >= 0.3 is 5.97 Å². The second-order valence-corrected chi connectivity index (χ2v) is 7.44. The van der Waals surface area contributed by atoms with Crippen molar-refractivity contribution in [2.75, 3.05) is 31.1 Å². The van der Waals surface area contributed by atoms with Crippen LogP contribution in [-0.2, 0) is 16.1 Å². The zero-order chi connectivity index (χ0) is 20.4. The molecule has 2 aliphatic rings. The summed E-state index contributed by atoms with van der Waals surface area (Å²) in [4.78, 5) is 42.3. The highest BCUT2D eigenvalue weighted by Crippen LogP contribution is 2.27. The van der Waals surface area contributed by atoms with E-state index in [1.807, 2.05) is 18.2 Å². The standard InChI is InChI=1S/C22H23N3O4/c26-20-14-19(21(27)25(20)18-8-4-7-17(13-18)22(28)29)24-11-9-23(10-12-24)15-16-5-2-1-3-6-16/h1-8,13,19H,9-12,14-15H2,(H,28,29). The van der Waals surface area contributed by atoms with Crippen LogP contribution in [0.1, 0.15) is 22.3 Å². The quantitative estimate of drug-likeness (QED) is 0.781. The molecule has 2 amide bonds. The number of amides is 2. The van der Waals surface area contributed by atoms with E-state index in [1.165, 1.54) is 17.7 Å². The molecule has 7 nitrogen and oxygen atoms in total. The number of carboxylic acids is 1. The van der Waals surface area contributed by atoms with E-state index in [0.29, 0.717) is 5.69 Å². The number of aromatic carboxylic acids is 1. The van der Waals surface area contributed by atoms with Gasteiger partial charge in [0.25, 0.3) is 5.91 Å².